The van der Waals surface area contributed by atoms with Crippen molar-refractivity contribution < 1.29 is 5.11 Å². The van der Waals surface area contributed by atoms with Crippen LogP contribution in [0.25, 0.3) is 26.3 Å². The zero-order chi connectivity index (χ0) is 20.2. The third kappa shape index (κ3) is 3.51. The average Bonchev–Trinajstić information content (AvgIpc) is 3.27. The van der Waals surface area contributed by atoms with E-state index in [1.54, 1.807) is 11.3 Å². The number of aliphatic hydroxyl groups is 1. The van der Waals surface area contributed by atoms with E-state index in [-0.39, 0.29) is 0 Å². The number of hydrogen-bond donors (Lipinski definition) is 2. The molecule has 1 fully saturated rings. The van der Waals surface area contributed by atoms with Gasteiger partial charge in [-0.2, -0.15) is 0 Å². The van der Waals surface area contributed by atoms with Crippen LogP contribution in [-0.4, -0.2) is 31.3 Å². The summed E-state index contributed by atoms with van der Waals surface area (Å²) in [6.45, 7) is 6.25. The Morgan fingerprint density at radius 1 is 1.14 bits per heavy atom. The SMILES string of the molecule is Cc1cc2cc(-c3cnc4ccc(NC5CCC(C)(O)CC5)nn34)sc2cc1C. The van der Waals surface area contributed by atoms with Gasteiger partial charge in [0.2, 0.25) is 0 Å². The van der Waals surface area contributed by atoms with Gasteiger partial charge in [-0.3, -0.25) is 0 Å². The van der Waals surface area contributed by atoms with Crippen LogP contribution < -0.4 is 5.32 Å². The Hall–Kier alpha value is -2.44. The Bertz CT molecular complexity index is 1160. The number of nitrogens with zero attached hydrogens (tertiary/aromatic N) is 3. The van der Waals surface area contributed by atoms with Crippen LogP contribution in [0.5, 0.6) is 0 Å². The first kappa shape index (κ1) is 18.6. The van der Waals surface area contributed by atoms with E-state index in [0.29, 0.717) is 6.04 Å². The van der Waals surface area contributed by atoms with E-state index in [1.807, 2.05) is 29.8 Å². The molecule has 0 saturated heterocycles. The van der Waals surface area contributed by atoms with Crippen molar-refractivity contribution in [2.24, 2.45) is 0 Å². The molecule has 1 saturated carbocycles. The van der Waals surface area contributed by atoms with E-state index in [9.17, 15) is 5.11 Å². The summed E-state index contributed by atoms with van der Waals surface area (Å²) in [4.78, 5) is 5.73. The summed E-state index contributed by atoms with van der Waals surface area (Å²) < 4.78 is 3.23. The third-order valence-corrected chi connectivity index (χ3v) is 7.28. The number of aryl methyl sites for hydroxylation is 2. The predicted octanol–water partition coefficient (Wildman–Crippen LogP) is 5.33. The van der Waals surface area contributed by atoms with Gasteiger partial charge in [-0.25, -0.2) is 9.50 Å². The molecule has 0 amide bonds. The Morgan fingerprint density at radius 2 is 1.90 bits per heavy atom. The van der Waals surface area contributed by atoms with Crippen molar-refractivity contribution in [2.45, 2.75) is 58.1 Å². The van der Waals surface area contributed by atoms with Gasteiger partial charge in [0, 0.05) is 10.7 Å². The lowest BCUT2D eigenvalue weighted by Crippen LogP contribution is -2.36. The highest BCUT2D eigenvalue weighted by atomic mass is 32.1. The van der Waals surface area contributed by atoms with E-state index >= 15 is 0 Å². The summed E-state index contributed by atoms with van der Waals surface area (Å²) in [6, 6.07) is 11.1. The molecule has 0 atom stereocenters. The van der Waals surface area contributed by atoms with Crippen LogP contribution in [0.3, 0.4) is 0 Å². The maximum Gasteiger partial charge on any atom is 0.154 e. The summed E-state index contributed by atoms with van der Waals surface area (Å²) in [6.07, 6.45) is 5.47. The molecule has 29 heavy (non-hydrogen) atoms. The van der Waals surface area contributed by atoms with E-state index in [4.69, 9.17) is 5.10 Å². The number of anilines is 1. The van der Waals surface area contributed by atoms with Crippen LogP contribution in [-0.2, 0) is 0 Å². The fourth-order valence-electron chi connectivity index (χ4n) is 4.14. The van der Waals surface area contributed by atoms with Crippen LogP contribution in [0.15, 0.2) is 36.5 Å². The highest BCUT2D eigenvalue weighted by Crippen LogP contribution is 2.35. The molecule has 0 spiro atoms. The summed E-state index contributed by atoms with van der Waals surface area (Å²) >= 11 is 1.78. The van der Waals surface area contributed by atoms with Crippen LogP contribution in [0.4, 0.5) is 5.82 Å². The van der Waals surface area contributed by atoms with Crippen LogP contribution >= 0.6 is 11.3 Å². The minimum Gasteiger partial charge on any atom is -0.390 e. The lowest BCUT2D eigenvalue weighted by atomic mass is 9.84. The first-order chi connectivity index (χ1) is 13.9. The molecule has 6 heteroatoms. The lowest BCUT2D eigenvalue weighted by molar-refractivity contribution is 0.0196. The van der Waals surface area contributed by atoms with Crippen LogP contribution in [0, 0.1) is 13.8 Å². The van der Waals surface area contributed by atoms with Gasteiger partial charge in [-0.1, -0.05) is 6.07 Å². The first-order valence-electron chi connectivity index (χ1n) is 10.2. The fraction of sp³-hybridized carbons (Fsp3) is 0.391. The van der Waals surface area contributed by atoms with Gasteiger partial charge < -0.3 is 10.4 Å². The smallest absolute Gasteiger partial charge is 0.154 e. The number of aromatic nitrogens is 3. The second-order valence-corrected chi connectivity index (χ2v) is 9.72. The van der Waals surface area contributed by atoms with Gasteiger partial charge in [-0.05, 0) is 87.2 Å². The minimum absolute atomic E-state index is 0.349. The molecule has 3 heterocycles. The predicted molar refractivity (Wildman–Crippen MR) is 120 cm³/mol. The molecule has 4 aromatic rings. The van der Waals surface area contributed by atoms with Crippen molar-refractivity contribution in [3.8, 4) is 10.6 Å². The van der Waals surface area contributed by atoms with Gasteiger partial charge in [-0.15, -0.1) is 16.4 Å². The fourth-order valence-corrected chi connectivity index (χ4v) is 5.28. The zero-order valence-corrected chi connectivity index (χ0v) is 17.9. The molecule has 0 radical (unpaired) electrons. The minimum atomic E-state index is -0.523. The van der Waals surface area contributed by atoms with Crippen molar-refractivity contribution in [2.75, 3.05) is 5.32 Å². The third-order valence-electron chi connectivity index (χ3n) is 6.16. The van der Waals surface area contributed by atoms with Gasteiger partial charge >= 0.3 is 0 Å². The average molecular weight is 407 g/mol. The molecule has 0 unspecified atom stereocenters. The summed E-state index contributed by atoms with van der Waals surface area (Å²) in [5.41, 5.74) is 3.98. The molecule has 1 aliphatic rings. The molecule has 5 rings (SSSR count). The van der Waals surface area contributed by atoms with Crippen molar-refractivity contribution >= 4 is 32.9 Å². The number of hydrogen-bond acceptors (Lipinski definition) is 5. The van der Waals surface area contributed by atoms with Crippen molar-refractivity contribution in [1.82, 2.24) is 14.6 Å². The molecular weight excluding hydrogens is 380 g/mol. The number of nitrogens with one attached hydrogen (secondary N) is 1. The summed E-state index contributed by atoms with van der Waals surface area (Å²) in [5.74, 6) is 0.857. The second-order valence-electron chi connectivity index (χ2n) is 8.63. The molecular formula is C23H26N4OS. The highest BCUT2D eigenvalue weighted by molar-refractivity contribution is 7.22. The Kier molecular flexibility index (Phi) is 4.37. The topological polar surface area (TPSA) is 62.5 Å². The number of fused-ring (bicyclic) bond motifs is 2. The number of imidazole rings is 1. The Morgan fingerprint density at radius 3 is 2.69 bits per heavy atom. The number of benzene rings is 1. The van der Waals surface area contributed by atoms with Crippen LogP contribution in [0.2, 0.25) is 0 Å². The zero-order valence-electron chi connectivity index (χ0n) is 17.1. The van der Waals surface area contributed by atoms with E-state index < -0.39 is 5.60 Å². The quantitative estimate of drug-likeness (QED) is 0.482. The first-order valence-corrected chi connectivity index (χ1v) is 11.0. The van der Waals surface area contributed by atoms with Gasteiger partial charge in [0.25, 0.3) is 0 Å². The van der Waals surface area contributed by atoms with E-state index in [0.717, 1.165) is 42.8 Å². The molecule has 0 bridgehead atoms. The van der Waals surface area contributed by atoms with Crippen molar-refractivity contribution in [1.29, 1.82) is 0 Å². The highest BCUT2D eigenvalue weighted by Gasteiger charge is 2.28. The summed E-state index contributed by atoms with van der Waals surface area (Å²) in [5, 5.41) is 19.8. The van der Waals surface area contributed by atoms with Crippen molar-refractivity contribution in [3.05, 3.63) is 47.7 Å². The molecule has 0 aliphatic heterocycles. The van der Waals surface area contributed by atoms with Gasteiger partial charge in [0.1, 0.15) is 11.5 Å². The molecule has 150 valence electrons. The number of thiophene rings is 1. The lowest BCUT2D eigenvalue weighted by Gasteiger charge is -2.33. The summed E-state index contributed by atoms with van der Waals surface area (Å²) in [7, 11) is 0. The molecule has 1 aliphatic carbocycles. The standard InChI is InChI=1S/C23H26N4OS/c1-14-10-16-12-20(29-19(16)11-15(14)2)18-13-24-22-5-4-21(26-27(18)22)25-17-6-8-23(3,28)9-7-17/h4-5,10-13,17,28H,6-9H2,1-3H3,(H,25,26). The monoisotopic (exact) mass is 406 g/mol. The maximum absolute atomic E-state index is 10.2. The van der Waals surface area contributed by atoms with E-state index in [1.165, 1.54) is 26.1 Å². The normalized spacial score (nSPS) is 22.4. The molecule has 1 aromatic carbocycles. The maximum atomic E-state index is 10.2. The molecule has 3 aromatic heterocycles. The van der Waals surface area contributed by atoms with Crippen LogP contribution in [0.1, 0.15) is 43.7 Å². The molecule has 2 N–H and O–H groups in total. The largest absolute Gasteiger partial charge is 0.390 e. The van der Waals surface area contributed by atoms with Gasteiger partial charge in [0.05, 0.1) is 16.7 Å². The Labute approximate surface area is 174 Å². The molecule has 5 nitrogen and oxygen atoms in total. The number of rotatable bonds is 3. The van der Waals surface area contributed by atoms with Crippen molar-refractivity contribution in [3.63, 3.8) is 0 Å². The van der Waals surface area contributed by atoms with E-state index in [2.05, 4.69) is 42.3 Å². The second kappa shape index (κ2) is 6.82. The van der Waals surface area contributed by atoms with Gasteiger partial charge in [0.15, 0.2) is 5.65 Å². The Balaban J connectivity index is 1.47.